The number of hydrogen-bond donors (Lipinski definition) is 12. The number of ether oxygens (including phenoxy) is 1. The van der Waals surface area contributed by atoms with Crippen molar-refractivity contribution in [3.05, 3.63) is 125 Å². The number of H-pyrrole nitrogens is 2. The smallest absolute Gasteiger partial charge is 0.246 e. The molecule has 9 rings (SSSR count). The molecular formula is C68H85F2N15O12S2. The molecule has 6 aromatic rings. The molecule has 10 atom stereocenters. The number of nitrogens with one attached hydrogen (secondary N) is 9. The maximum absolute atomic E-state index is 15.4. The molecule has 14 N–H and O–H groups in total. The Bertz CT molecular complexity index is 3940. The number of aromatic nitrogens is 4. The monoisotopic (exact) mass is 1410 g/mol. The Morgan fingerprint density at radius 1 is 0.717 bits per heavy atom. The lowest BCUT2D eigenvalue weighted by Gasteiger charge is -2.37. The van der Waals surface area contributed by atoms with Crippen molar-refractivity contribution in [2.75, 3.05) is 38.2 Å². The number of primary amides is 1. The van der Waals surface area contributed by atoms with Crippen LogP contribution in [0.15, 0.2) is 85.5 Å². The van der Waals surface area contributed by atoms with Gasteiger partial charge in [-0.3, -0.25) is 57.9 Å². The minimum absolute atomic E-state index is 0.00905. The highest BCUT2D eigenvalue weighted by Crippen LogP contribution is 2.32. The van der Waals surface area contributed by atoms with Gasteiger partial charge in [-0.25, -0.2) is 8.78 Å². The van der Waals surface area contributed by atoms with Crippen LogP contribution in [-0.2, 0) is 78.7 Å². The number of rotatable bonds is 13. The van der Waals surface area contributed by atoms with Gasteiger partial charge < -0.3 is 78.3 Å². The second kappa shape index (κ2) is 34.0. The molecule has 10 amide bonds. The Morgan fingerprint density at radius 2 is 1.33 bits per heavy atom. The number of halogens is 2. The molecule has 31 heteroatoms. The third kappa shape index (κ3) is 19.0. The number of carbonyl (C=O) groups excluding carboxylic acids is 10. The van der Waals surface area contributed by atoms with E-state index in [1.807, 2.05) is 0 Å². The molecule has 2 bridgehead atoms. The number of thioether (sulfide) groups is 2. The summed E-state index contributed by atoms with van der Waals surface area (Å²) in [6.07, 6.45) is 5.68. The lowest BCUT2D eigenvalue weighted by Crippen LogP contribution is -2.64. The maximum atomic E-state index is 15.4. The van der Waals surface area contributed by atoms with Gasteiger partial charge in [0.2, 0.25) is 59.1 Å². The standard InChI is InChI=1S/C68H85F2N15O12S2/c1-37-60(89)79-52(26-40-30-74-49-17-13-42(69)28-47(40)49)62(91)80-54(27-41-31-75-50-18-14-43(70)29-48(41)50)65(94)84-22-7-10-56(84)63(92)83-58(38(2)86)64(93)81-53(25-39-11-15-46(97-4)16-12-39)66(95)85-23-8-20-68(85,3)67(96)82-55(59(72)88)36-99-35-45-33-73-32-44(77-45)34-98-24-19-57(87)78-51(61(90)76-37)9-5-6-21-71/h11-18,28-33,37-38,51-56,58,74-75,86H,5-10,19-27,34-36,71H2,1-4H3,(H2,72,88)(H,76,90)(H,78,87)(H,79,89)(H,80,91)(H,81,93)(H,82,96)(H,83,92)/t37-,38-,51+,52+,53+,54+,55+,56+,58+,68+/m1/s1. The first-order valence-electron chi connectivity index (χ1n) is 32.9. The van der Waals surface area contributed by atoms with Crippen molar-refractivity contribution < 1.29 is 66.6 Å². The highest BCUT2D eigenvalue weighted by atomic mass is 32.2. The van der Waals surface area contributed by atoms with E-state index in [-0.39, 0.29) is 76.0 Å². The summed E-state index contributed by atoms with van der Waals surface area (Å²) in [6, 6.07) is 3.29. The van der Waals surface area contributed by atoms with Gasteiger partial charge in [-0.2, -0.15) is 23.5 Å². The minimum atomic E-state index is -1.76. The molecule has 99 heavy (non-hydrogen) atoms. The van der Waals surface area contributed by atoms with Crippen molar-refractivity contribution in [1.82, 2.24) is 67.0 Å². The lowest BCUT2D eigenvalue weighted by atomic mass is 9.95. The van der Waals surface area contributed by atoms with Crippen LogP contribution >= 0.6 is 23.5 Å². The predicted octanol–water partition coefficient (Wildman–Crippen LogP) is 2.10. The Hall–Kier alpha value is -9.20. The quantitative estimate of drug-likeness (QED) is 0.0737. The summed E-state index contributed by atoms with van der Waals surface area (Å²) < 4.78 is 35.3. The average molecular weight is 1410 g/mol. The Kier molecular flexibility index (Phi) is 25.5. The van der Waals surface area contributed by atoms with Gasteiger partial charge in [-0.05, 0) is 137 Å². The van der Waals surface area contributed by atoms with Gasteiger partial charge in [0.1, 0.15) is 71.3 Å². The van der Waals surface area contributed by atoms with Gasteiger partial charge in [0.15, 0.2) is 0 Å². The predicted molar refractivity (Wildman–Crippen MR) is 367 cm³/mol. The van der Waals surface area contributed by atoms with Crippen molar-refractivity contribution >= 4 is 104 Å². The van der Waals surface area contributed by atoms with Crippen LogP contribution in [0.1, 0.15) is 100 Å². The Balaban J connectivity index is 1.04. The summed E-state index contributed by atoms with van der Waals surface area (Å²) in [5.41, 5.74) is 13.5. The van der Waals surface area contributed by atoms with Crippen molar-refractivity contribution in [1.29, 1.82) is 0 Å². The van der Waals surface area contributed by atoms with E-state index in [0.29, 0.717) is 92.9 Å². The zero-order valence-corrected chi connectivity index (χ0v) is 57.1. The van der Waals surface area contributed by atoms with E-state index >= 15 is 14.4 Å². The van der Waals surface area contributed by atoms with Crippen LogP contribution in [0.3, 0.4) is 0 Å². The number of fused-ring (bicyclic) bond motifs is 6. The largest absolute Gasteiger partial charge is 0.497 e. The summed E-state index contributed by atoms with van der Waals surface area (Å²) in [5, 5.41) is 31.2. The van der Waals surface area contributed by atoms with Crippen LogP contribution < -0.4 is 53.4 Å². The Morgan fingerprint density at radius 3 is 1.97 bits per heavy atom. The van der Waals surface area contributed by atoms with E-state index in [4.69, 9.17) is 21.2 Å². The average Bonchev–Trinajstić information content (AvgIpc) is 1.71. The normalized spacial score (nSPS) is 24.7. The summed E-state index contributed by atoms with van der Waals surface area (Å²) in [4.78, 5) is 163. The van der Waals surface area contributed by atoms with Crippen LogP contribution in [-0.4, -0.2) is 192 Å². The first kappa shape index (κ1) is 74.0. The van der Waals surface area contributed by atoms with Crippen LogP contribution in [0.4, 0.5) is 8.78 Å². The third-order valence-electron chi connectivity index (χ3n) is 18.1. The molecule has 6 heterocycles. The van der Waals surface area contributed by atoms with Crippen LogP contribution in [0.5, 0.6) is 5.75 Å². The number of aliphatic hydroxyl groups excluding tert-OH is 1. The molecule has 530 valence electrons. The van der Waals surface area contributed by atoms with E-state index in [1.165, 1.54) is 103 Å². The number of aromatic amines is 2. The van der Waals surface area contributed by atoms with E-state index in [9.17, 15) is 47.4 Å². The lowest BCUT2D eigenvalue weighted by molar-refractivity contribution is -0.147. The number of methoxy groups -OCH3 is 1. The van der Waals surface area contributed by atoms with Crippen molar-refractivity contribution in [2.24, 2.45) is 11.5 Å². The molecular weight excluding hydrogens is 1320 g/mol. The van der Waals surface area contributed by atoms with Crippen molar-refractivity contribution in [3.63, 3.8) is 0 Å². The summed E-state index contributed by atoms with van der Waals surface area (Å²) >= 11 is 2.64. The van der Waals surface area contributed by atoms with Gasteiger partial charge in [-0.15, -0.1) is 0 Å². The molecule has 3 aromatic heterocycles. The van der Waals surface area contributed by atoms with Gasteiger partial charge in [0.25, 0.3) is 0 Å². The van der Waals surface area contributed by atoms with E-state index in [1.54, 1.807) is 43.6 Å². The van der Waals surface area contributed by atoms with Crippen LogP contribution in [0.2, 0.25) is 0 Å². The molecule has 27 nitrogen and oxygen atoms in total. The fraction of sp³-hybridized carbons (Fsp3) is 0.471. The number of unbranched alkanes of at least 4 members (excludes halogenated alkanes) is 1. The number of nitrogens with zero attached hydrogens (tertiary/aromatic N) is 4. The fourth-order valence-electron chi connectivity index (χ4n) is 12.5. The molecule has 0 unspecified atom stereocenters. The molecule has 2 saturated heterocycles. The number of amides is 10. The number of nitrogens with two attached hydrogens (primary N) is 2. The van der Waals surface area contributed by atoms with Gasteiger partial charge in [0.05, 0.1) is 24.6 Å². The highest BCUT2D eigenvalue weighted by Gasteiger charge is 2.49. The fourth-order valence-corrected chi connectivity index (χ4v) is 14.3. The summed E-state index contributed by atoms with van der Waals surface area (Å²) in [5.74, 6) is -7.68. The third-order valence-corrected chi connectivity index (χ3v) is 20.1. The topological polar surface area (TPSA) is 400 Å². The zero-order chi connectivity index (χ0) is 71.1. The molecule has 0 radical (unpaired) electrons. The molecule has 3 aliphatic heterocycles. The second-order valence-corrected chi connectivity index (χ2v) is 27.5. The molecule has 2 fully saturated rings. The SMILES string of the molecule is COc1ccc(C[C@@H]2NC(=O)[C@H]([C@@H](C)O)NC(=O)[C@@H]3CCCN3C(=O)[C@H](Cc3c[nH]c4ccc(F)cc34)NC(=O)[C@H](Cc3c[nH]c4ccc(F)cc34)NC(=O)[C@@H](C)NC(=O)[C@H](CCCCN)NC(=O)CCSCc3cncc(n3)CSC[C@@H](C(N)=O)NC(=O)[C@]3(C)CCCN3C2=O)cc1. The van der Waals surface area contributed by atoms with Crippen LogP contribution in [0.25, 0.3) is 21.8 Å². The Labute approximate surface area is 578 Å². The highest BCUT2D eigenvalue weighted by molar-refractivity contribution is 7.98. The van der Waals surface area contributed by atoms with E-state index in [2.05, 4.69) is 52.2 Å². The van der Waals surface area contributed by atoms with Crippen molar-refractivity contribution in [3.8, 4) is 5.75 Å². The van der Waals surface area contributed by atoms with Crippen molar-refractivity contribution in [2.45, 2.75) is 163 Å². The van der Waals surface area contributed by atoms with Gasteiger partial charge >= 0.3 is 0 Å². The number of aliphatic hydroxyl groups is 1. The molecule has 3 aromatic carbocycles. The summed E-state index contributed by atoms with van der Waals surface area (Å²) in [6.45, 7) is 4.48. The first-order chi connectivity index (χ1) is 47.4. The first-order valence-corrected chi connectivity index (χ1v) is 35.2. The maximum Gasteiger partial charge on any atom is 0.246 e. The minimum Gasteiger partial charge on any atom is -0.497 e. The number of benzene rings is 3. The second-order valence-electron chi connectivity index (χ2n) is 25.3. The molecule has 0 aliphatic carbocycles. The summed E-state index contributed by atoms with van der Waals surface area (Å²) in [7, 11) is 1.48. The number of carbonyl (C=O) groups is 10. The molecule has 0 saturated carbocycles. The molecule has 3 aliphatic rings. The van der Waals surface area contributed by atoms with Gasteiger partial charge in [0, 0.05) is 108 Å². The zero-order valence-electron chi connectivity index (χ0n) is 55.5. The van der Waals surface area contributed by atoms with E-state index < -0.39 is 131 Å². The number of hydrogen-bond acceptors (Lipinski definition) is 17. The molecule has 0 spiro atoms. The van der Waals surface area contributed by atoms with Crippen LogP contribution in [0, 0.1) is 11.6 Å². The van der Waals surface area contributed by atoms with Gasteiger partial charge in [-0.1, -0.05) is 12.1 Å². The van der Waals surface area contributed by atoms with E-state index in [0.717, 1.165) is 0 Å².